The number of hydrogen-bond acceptors (Lipinski definition) is 4. The van der Waals surface area contributed by atoms with Gasteiger partial charge in [-0.3, -0.25) is 4.79 Å². The molecule has 0 saturated carbocycles. The lowest BCUT2D eigenvalue weighted by Gasteiger charge is -2.35. The summed E-state index contributed by atoms with van der Waals surface area (Å²) in [6.07, 6.45) is 2.83. The Hall–Kier alpha value is -1.75. The Morgan fingerprint density at radius 2 is 2.14 bits per heavy atom. The zero-order valence-electron chi connectivity index (χ0n) is 12.4. The van der Waals surface area contributed by atoms with Gasteiger partial charge in [0.05, 0.1) is 5.41 Å². The van der Waals surface area contributed by atoms with Crippen LogP contribution in [0.2, 0.25) is 0 Å². The normalized spacial score (nSPS) is 24.4. The van der Waals surface area contributed by atoms with E-state index >= 15 is 0 Å². The van der Waals surface area contributed by atoms with Gasteiger partial charge in [-0.15, -0.1) is 0 Å². The van der Waals surface area contributed by atoms with Crippen LogP contribution in [-0.2, 0) is 4.79 Å². The lowest BCUT2D eigenvalue weighted by molar-refractivity contribution is -0.126. The minimum Gasteiger partial charge on any atom is -0.486 e. The van der Waals surface area contributed by atoms with Crippen molar-refractivity contribution in [2.45, 2.75) is 26.2 Å². The van der Waals surface area contributed by atoms with E-state index < -0.39 is 0 Å². The largest absolute Gasteiger partial charge is 0.486 e. The summed E-state index contributed by atoms with van der Waals surface area (Å²) in [6, 6.07) is 5.55. The molecule has 1 atom stereocenters. The van der Waals surface area contributed by atoms with Gasteiger partial charge in [-0.25, -0.2) is 0 Å². The third kappa shape index (κ3) is 2.83. The summed E-state index contributed by atoms with van der Waals surface area (Å²) in [5.74, 6) is 1.53. The van der Waals surface area contributed by atoms with Crippen LogP contribution in [0, 0.1) is 5.41 Å². The molecule has 0 aliphatic carbocycles. The molecule has 0 spiro atoms. The van der Waals surface area contributed by atoms with Gasteiger partial charge in [0.25, 0.3) is 0 Å². The first-order valence-electron chi connectivity index (χ1n) is 7.65. The van der Waals surface area contributed by atoms with Crippen molar-refractivity contribution in [3.63, 3.8) is 0 Å². The molecule has 3 rings (SSSR count). The summed E-state index contributed by atoms with van der Waals surface area (Å²) < 4.78 is 11.0. The van der Waals surface area contributed by atoms with E-state index in [9.17, 15) is 4.79 Å². The zero-order valence-corrected chi connectivity index (χ0v) is 12.4. The molecule has 5 nitrogen and oxygen atoms in total. The van der Waals surface area contributed by atoms with E-state index in [2.05, 4.69) is 17.6 Å². The summed E-state index contributed by atoms with van der Waals surface area (Å²) in [5.41, 5.74) is 0.466. The highest BCUT2D eigenvalue weighted by Gasteiger charge is 2.37. The number of hydrogen-bond donors (Lipinski definition) is 2. The highest BCUT2D eigenvalue weighted by atomic mass is 16.6. The van der Waals surface area contributed by atoms with Gasteiger partial charge in [-0.1, -0.05) is 6.92 Å². The van der Waals surface area contributed by atoms with E-state index in [1.807, 2.05) is 18.2 Å². The van der Waals surface area contributed by atoms with E-state index in [0.29, 0.717) is 19.0 Å². The minimum atomic E-state index is -0.300. The summed E-state index contributed by atoms with van der Waals surface area (Å²) in [6.45, 7) is 4.95. The number of benzene rings is 1. The summed E-state index contributed by atoms with van der Waals surface area (Å²) in [4.78, 5) is 12.7. The van der Waals surface area contributed by atoms with Crippen LogP contribution in [-0.4, -0.2) is 32.2 Å². The number of piperidine rings is 1. The molecule has 0 radical (unpaired) electrons. The van der Waals surface area contributed by atoms with Crippen LogP contribution in [0.15, 0.2) is 18.2 Å². The van der Waals surface area contributed by atoms with Gasteiger partial charge < -0.3 is 20.1 Å². The second kappa shape index (κ2) is 5.93. The van der Waals surface area contributed by atoms with Crippen molar-refractivity contribution >= 4 is 11.6 Å². The topological polar surface area (TPSA) is 59.6 Å². The third-order valence-corrected chi connectivity index (χ3v) is 4.43. The lowest BCUT2D eigenvalue weighted by Crippen LogP contribution is -2.47. The molecule has 2 aliphatic rings. The number of anilines is 1. The fourth-order valence-corrected chi connectivity index (χ4v) is 3.01. The van der Waals surface area contributed by atoms with Gasteiger partial charge >= 0.3 is 0 Å². The van der Waals surface area contributed by atoms with Gasteiger partial charge in [0.1, 0.15) is 13.2 Å². The molecule has 2 heterocycles. The molecule has 1 fully saturated rings. The SMILES string of the molecule is CCC1(C(=O)Nc2ccc3c(c2)OCCO3)CCCNC1. The first kappa shape index (κ1) is 14.2. The maximum Gasteiger partial charge on any atom is 0.231 e. The first-order valence-corrected chi connectivity index (χ1v) is 7.65. The molecule has 21 heavy (non-hydrogen) atoms. The average Bonchev–Trinajstić information content (AvgIpc) is 2.55. The molecular weight excluding hydrogens is 268 g/mol. The standard InChI is InChI=1S/C16H22N2O3/c1-2-16(6-3-7-17-11-16)15(19)18-12-4-5-13-14(10-12)21-9-8-20-13/h4-5,10,17H,2-3,6-9,11H2,1H3,(H,18,19). The first-order chi connectivity index (χ1) is 10.2. The Morgan fingerprint density at radius 3 is 2.86 bits per heavy atom. The van der Waals surface area contributed by atoms with E-state index in [-0.39, 0.29) is 11.3 Å². The predicted molar refractivity (Wildman–Crippen MR) is 80.9 cm³/mol. The van der Waals surface area contributed by atoms with Crippen LogP contribution in [0.1, 0.15) is 26.2 Å². The maximum absolute atomic E-state index is 12.7. The molecule has 1 aromatic rings. The maximum atomic E-state index is 12.7. The monoisotopic (exact) mass is 290 g/mol. The van der Waals surface area contributed by atoms with E-state index in [1.165, 1.54) is 0 Å². The van der Waals surface area contributed by atoms with E-state index in [4.69, 9.17) is 9.47 Å². The molecule has 0 aromatic heterocycles. The van der Waals surface area contributed by atoms with E-state index in [1.54, 1.807) is 0 Å². The van der Waals surface area contributed by atoms with Crippen LogP contribution in [0.25, 0.3) is 0 Å². The summed E-state index contributed by atoms with van der Waals surface area (Å²) >= 11 is 0. The van der Waals surface area contributed by atoms with Crippen molar-refractivity contribution in [2.75, 3.05) is 31.6 Å². The number of carbonyl (C=O) groups is 1. The molecule has 1 saturated heterocycles. The molecular formula is C16H22N2O3. The van der Waals surface area contributed by atoms with Gasteiger partial charge in [0.15, 0.2) is 11.5 Å². The van der Waals surface area contributed by atoms with Crippen LogP contribution in [0.3, 0.4) is 0 Å². The van der Waals surface area contributed by atoms with Gasteiger partial charge in [-0.05, 0) is 37.9 Å². The Morgan fingerprint density at radius 1 is 1.33 bits per heavy atom. The van der Waals surface area contributed by atoms with Gasteiger partial charge in [0.2, 0.25) is 5.91 Å². The minimum absolute atomic E-state index is 0.0916. The van der Waals surface area contributed by atoms with Crippen LogP contribution < -0.4 is 20.1 Å². The molecule has 0 bridgehead atoms. The average molecular weight is 290 g/mol. The number of nitrogens with one attached hydrogen (secondary N) is 2. The summed E-state index contributed by atoms with van der Waals surface area (Å²) in [7, 11) is 0. The van der Waals surface area contributed by atoms with Crippen LogP contribution >= 0.6 is 0 Å². The molecule has 1 unspecified atom stereocenters. The molecule has 114 valence electrons. The predicted octanol–water partition coefficient (Wildman–Crippen LogP) is 2.18. The summed E-state index contributed by atoms with van der Waals surface area (Å²) in [5, 5.41) is 6.38. The highest BCUT2D eigenvalue weighted by molar-refractivity contribution is 5.95. The number of amides is 1. The molecule has 1 amide bonds. The van der Waals surface area contributed by atoms with Crippen molar-refractivity contribution < 1.29 is 14.3 Å². The number of ether oxygens (including phenoxy) is 2. The number of rotatable bonds is 3. The fraction of sp³-hybridized carbons (Fsp3) is 0.562. The third-order valence-electron chi connectivity index (χ3n) is 4.43. The fourth-order valence-electron chi connectivity index (χ4n) is 3.01. The van der Waals surface area contributed by atoms with Gasteiger partial charge in [0, 0.05) is 18.3 Å². The Kier molecular flexibility index (Phi) is 4.01. The van der Waals surface area contributed by atoms with Crippen molar-refractivity contribution in [3.05, 3.63) is 18.2 Å². The zero-order chi connectivity index (χ0) is 14.7. The highest BCUT2D eigenvalue weighted by Crippen LogP contribution is 2.35. The smallest absolute Gasteiger partial charge is 0.231 e. The van der Waals surface area contributed by atoms with Crippen LogP contribution in [0.5, 0.6) is 11.5 Å². The quantitative estimate of drug-likeness (QED) is 0.896. The molecule has 5 heteroatoms. The van der Waals surface area contributed by atoms with Crippen molar-refractivity contribution in [1.82, 2.24) is 5.32 Å². The molecule has 1 aromatic carbocycles. The van der Waals surface area contributed by atoms with E-state index in [0.717, 1.165) is 43.8 Å². The second-order valence-electron chi connectivity index (χ2n) is 5.73. The second-order valence-corrected chi connectivity index (χ2v) is 5.73. The van der Waals surface area contributed by atoms with Gasteiger partial charge in [-0.2, -0.15) is 0 Å². The Balaban J connectivity index is 1.74. The Bertz CT molecular complexity index is 524. The van der Waals surface area contributed by atoms with Crippen molar-refractivity contribution in [2.24, 2.45) is 5.41 Å². The van der Waals surface area contributed by atoms with Crippen LogP contribution in [0.4, 0.5) is 5.69 Å². The lowest BCUT2D eigenvalue weighted by atomic mass is 9.77. The molecule has 2 aliphatic heterocycles. The molecule has 2 N–H and O–H groups in total. The number of carbonyl (C=O) groups excluding carboxylic acids is 1. The van der Waals surface area contributed by atoms with Crippen molar-refractivity contribution in [3.8, 4) is 11.5 Å². The number of fused-ring (bicyclic) bond motifs is 1. The van der Waals surface area contributed by atoms with Crippen molar-refractivity contribution in [1.29, 1.82) is 0 Å². The Labute approximate surface area is 125 Å².